The summed E-state index contributed by atoms with van der Waals surface area (Å²) in [5, 5.41) is 17.9. The Hall–Kier alpha value is -0.645. The van der Waals surface area contributed by atoms with Gasteiger partial charge in [-0.15, -0.1) is 11.8 Å². The Morgan fingerprint density at radius 2 is 2.00 bits per heavy atom. The number of benzene rings is 1. The van der Waals surface area contributed by atoms with E-state index in [1.54, 1.807) is 19.2 Å². The van der Waals surface area contributed by atoms with Gasteiger partial charge in [0.15, 0.2) is 0 Å². The third-order valence-corrected chi connectivity index (χ3v) is 2.38. The second-order valence-corrected chi connectivity index (χ2v) is 3.40. The first-order chi connectivity index (χ1) is 6.17. The summed E-state index contributed by atoms with van der Waals surface area (Å²) >= 11 is 1.53. The molecule has 0 aromatic heterocycles. The second kappa shape index (κ2) is 4.55. The van der Waals surface area contributed by atoms with Crippen molar-refractivity contribution in [3.05, 3.63) is 18.2 Å². The molecule has 1 aromatic rings. The first kappa shape index (κ1) is 10.4. The molecule has 0 unspecified atom stereocenters. The largest absolute Gasteiger partial charge is 0.497 e. The molecule has 0 saturated carbocycles. The van der Waals surface area contributed by atoms with Crippen LogP contribution in [0, 0.1) is 0 Å². The van der Waals surface area contributed by atoms with E-state index in [0.717, 1.165) is 4.90 Å². The van der Waals surface area contributed by atoms with Crippen LogP contribution >= 0.6 is 11.8 Å². The summed E-state index contributed by atoms with van der Waals surface area (Å²) in [6.45, 7) is 0. The Balaban J connectivity index is 3.07. The van der Waals surface area contributed by atoms with Gasteiger partial charge in [0.1, 0.15) is 5.75 Å². The molecule has 0 saturated heterocycles. The zero-order chi connectivity index (χ0) is 9.84. The zero-order valence-corrected chi connectivity index (χ0v) is 8.34. The van der Waals surface area contributed by atoms with Crippen LogP contribution in [0.4, 0.5) is 0 Å². The van der Waals surface area contributed by atoms with Gasteiger partial charge in [-0.3, -0.25) is 0 Å². The van der Waals surface area contributed by atoms with E-state index in [0.29, 0.717) is 11.2 Å². The fraction of sp³-hybridized carbons (Fsp3) is 0.250. The first-order valence-electron chi connectivity index (χ1n) is 3.76. The smallest absolute Gasteiger partial charge is 0.488 e. The standard InChI is InChI=1S/C8H11BO3S/c1-12-7-3-6(9(10)11)4-8(5-7)13-2/h3-5,10-11H,1-2H3. The summed E-state index contributed by atoms with van der Waals surface area (Å²) in [6, 6.07) is 5.17. The van der Waals surface area contributed by atoms with Gasteiger partial charge < -0.3 is 14.8 Å². The molecule has 1 aromatic carbocycles. The fourth-order valence-corrected chi connectivity index (χ4v) is 1.47. The van der Waals surface area contributed by atoms with Gasteiger partial charge in [-0.25, -0.2) is 0 Å². The van der Waals surface area contributed by atoms with Crippen LogP contribution in [0.2, 0.25) is 0 Å². The van der Waals surface area contributed by atoms with Gasteiger partial charge in [0.2, 0.25) is 0 Å². The van der Waals surface area contributed by atoms with Crippen molar-refractivity contribution < 1.29 is 14.8 Å². The number of hydrogen-bond donors (Lipinski definition) is 2. The molecule has 0 atom stereocenters. The maximum absolute atomic E-state index is 8.95. The predicted molar refractivity (Wildman–Crippen MR) is 54.6 cm³/mol. The monoisotopic (exact) mass is 198 g/mol. The maximum Gasteiger partial charge on any atom is 0.488 e. The molecule has 0 amide bonds. The molecule has 0 bridgehead atoms. The quantitative estimate of drug-likeness (QED) is 0.534. The summed E-state index contributed by atoms with van der Waals surface area (Å²) < 4.78 is 5.01. The Labute approximate surface area is 81.9 Å². The van der Waals surface area contributed by atoms with Crippen molar-refractivity contribution in [3.8, 4) is 5.75 Å². The van der Waals surface area contributed by atoms with E-state index in [1.807, 2.05) is 12.3 Å². The molecule has 70 valence electrons. The van der Waals surface area contributed by atoms with Gasteiger partial charge in [-0.05, 0) is 29.9 Å². The van der Waals surface area contributed by atoms with Crippen LogP contribution in [-0.2, 0) is 0 Å². The van der Waals surface area contributed by atoms with Crippen LogP contribution in [0.25, 0.3) is 0 Å². The van der Waals surface area contributed by atoms with Gasteiger partial charge in [-0.2, -0.15) is 0 Å². The molecule has 3 nitrogen and oxygen atoms in total. The third-order valence-electron chi connectivity index (χ3n) is 1.67. The van der Waals surface area contributed by atoms with E-state index < -0.39 is 7.12 Å². The lowest BCUT2D eigenvalue weighted by molar-refractivity contribution is 0.411. The van der Waals surface area contributed by atoms with Crippen LogP contribution in [0.15, 0.2) is 23.1 Å². The third kappa shape index (κ3) is 2.65. The molecule has 0 spiro atoms. The minimum Gasteiger partial charge on any atom is -0.497 e. The number of hydrogen-bond acceptors (Lipinski definition) is 4. The summed E-state index contributed by atoms with van der Waals surface area (Å²) in [7, 11) is 0.105. The van der Waals surface area contributed by atoms with Gasteiger partial charge in [0.25, 0.3) is 0 Å². The molecule has 0 aliphatic heterocycles. The van der Waals surface area contributed by atoms with E-state index >= 15 is 0 Å². The number of methoxy groups -OCH3 is 1. The SMILES string of the molecule is COc1cc(SC)cc(B(O)O)c1. The van der Waals surface area contributed by atoms with E-state index in [2.05, 4.69) is 0 Å². The lowest BCUT2D eigenvalue weighted by atomic mass is 9.80. The fourth-order valence-electron chi connectivity index (χ4n) is 0.979. The predicted octanol–water partition coefficient (Wildman–Crippen LogP) is 0.0969. The highest BCUT2D eigenvalue weighted by molar-refractivity contribution is 7.98. The van der Waals surface area contributed by atoms with Crippen molar-refractivity contribution in [2.24, 2.45) is 0 Å². The average molecular weight is 198 g/mol. The highest BCUT2D eigenvalue weighted by atomic mass is 32.2. The van der Waals surface area contributed by atoms with E-state index in [1.165, 1.54) is 11.8 Å². The van der Waals surface area contributed by atoms with Crippen molar-refractivity contribution >= 4 is 24.3 Å². The van der Waals surface area contributed by atoms with Crippen molar-refractivity contribution in [2.75, 3.05) is 13.4 Å². The normalized spacial score (nSPS) is 9.85. The Morgan fingerprint density at radius 1 is 1.31 bits per heavy atom. The second-order valence-electron chi connectivity index (χ2n) is 2.52. The molecule has 0 aliphatic rings. The molecule has 0 radical (unpaired) electrons. The molecular weight excluding hydrogens is 187 g/mol. The zero-order valence-electron chi connectivity index (χ0n) is 7.52. The van der Waals surface area contributed by atoms with Crippen LogP contribution < -0.4 is 10.2 Å². The Bertz CT molecular complexity index is 268. The number of ether oxygens (including phenoxy) is 1. The number of thioether (sulfide) groups is 1. The van der Waals surface area contributed by atoms with Gasteiger partial charge >= 0.3 is 7.12 Å². The van der Waals surface area contributed by atoms with E-state index in [4.69, 9.17) is 14.8 Å². The summed E-state index contributed by atoms with van der Waals surface area (Å²) in [5.74, 6) is 0.634. The lowest BCUT2D eigenvalue weighted by Gasteiger charge is -2.06. The van der Waals surface area contributed by atoms with E-state index in [-0.39, 0.29) is 0 Å². The van der Waals surface area contributed by atoms with E-state index in [9.17, 15) is 0 Å². The van der Waals surface area contributed by atoms with Crippen LogP contribution in [0.3, 0.4) is 0 Å². The molecule has 2 N–H and O–H groups in total. The summed E-state index contributed by atoms with van der Waals surface area (Å²) in [5.41, 5.74) is 0.448. The molecule has 5 heteroatoms. The minimum absolute atomic E-state index is 0.448. The van der Waals surface area contributed by atoms with Crippen LogP contribution in [0.1, 0.15) is 0 Å². The topological polar surface area (TPSA) is 49.7 Å². The molecule has 13 heavy (non-hydrogen) atoms. The molecule has 0 fully saturated rings. The molecule has 1 rings (SSSR count). The highest BCUT2D eigenvalue weighted by Gasteiger charge is 2.12. The highest BCUT2D eigenvalue weighted by Crippen LogP contribution is 2.19. The lowest BCUT2D eigenvalue weighted by Crippen LogP contribution is -2.29. The van der Waals surface area contributed by atoms with Gasteiger partial charge in [-0.1, -0.05) is 0 Å². The Morgan fingerprint density at radius 3 is 2.46 bits per heavy atom. The molecular formula is C8H11BO3S. The maximum atomic E-state index is 8.95. The van der Waals surface area contributed by atoms with Crippen molar-refractivity contribution in [3.63, 3.8) is 0 Å². The van der Waals surface area contributed by atoms with Crippen LogP contribution in [-0.4, -0.2) is 30.5 Å². The summed E-state index contributed by atoms with van der Waals surface area (Å²) in [6.07, 6.45) is 1.92. The van der Waals surface area contributed by atoms with Crippen molar-refractivity contribution in [2.45, 2.75) is 4.90 Å². The van der Waals surface area contributed by atoms with Crippen LogP contribution in [0.5, 0.6) is 5.75 Å². The number of rotatable bonds is 3. The first-order valence-corrected chi connectivity index (χ1v) is 4.99. The average Bonchev–Trinajstić information content (AvgIpc) is 2.16. The molecule has 0 heterocycles. The summed E-state index contributed by atoms with van der Waals surface area (Å²) in [4.78, 5) is 0.947. The Kier molecular flexibility index (Phi) is 3.65. The van der Waals surface area contributed by atoms with Gasteiger partial charge in [0.05, 0.1) is 7.11 Å². The van der Waals surface area contributed by atoms with Crippen molar-refractivity contribution in [1.29, 1.82) is 0 Å². The minimum atomic E-state index is -1.44. The van der Waals surface area contributed by atoms with Gasteiger partial charge in [0, 0.05) is 4.90 Å². The van der Waals surface area contributed by atoms with Crippen molar-refractivity contribution in [1.82, 2.24) is 0 Å². The molecule has 0 aliphatic carbocycles.